The van der Waals surface area contributed by atoms with Gasteiger partial charge < -0.3 is 10.8 Å². The first-order valence-corrected chi connectivity index (χ1v) is 6.19. The smallest absolute Gasteiger partial charge is 0.328 e. The molecule has 2 rings (SSSR count). The average Bonchev–Trinajstić information content (AvgIpc) is 2.38. The number of nitrogens with zero attached hydrogens (tertiary/aromatic N) is 2. The van der Waals surface area contributed by atoms with Crippen LogP contribution in [0.4, 0.5) is 0 Å². The minimum Gasteiger partial charge on any atom is -0.480 e. The van der Waals surface area contributed by atoms with Gasteiger partial charge in [0.05, 0.1) is 0 Å². The molecule has 18 heavy (non-hydrogen) atoms. The molecule has 98 valence electrons. The molecule has 0 aromatic carbocycles. The fourth-order valence-corrected chi connectivity index (χ4v) is 2.53. The van der Waals surface area contributed by atoms with Gasteiger partial charge in [-0.2, -0.15) is 0 Å². The summed E-state index contributed by atoms with van der Waals surface area (Å²) in [7, 11) is 0. The molecule has 0 bridgehead atoms. The highest BCUT2D eigenvalue weighted by atomic mass is 16.4. The SMILES string of the molecule is CC(C(=O)O)(c1ccncc1)N1CCCC(N)C1. The van der Waals surface area contributed by atoms with E-state index in [1.807, 2.05) is 4.90 Å². The van der Waals surface area contributed by atoms with Crippen molar-refractivity contribution in [2.45, 2.75) is 31.3 Å². The van der Waals surface area contributed by atoms with Crippen LogP contribution >= 0.6 is 0 Å². The lowest BCUT2D eigenvalue weighted by atomic mass is 9.88. The maximum Gasteiger partial charge on any atom is 0.328 e. The number of hydrogen-bond acceptors (Lipinski definition) is 4. The van der Waals surface area contributed by atoms with E-state index < -0.39 is 11.5 Å². The molecule has 1 aromatic heterocycles. The zero-order valence-electron chi connectivity index (χ0n) is 10.5. The standard InChI is InChI=1S/C13H19N3O2/c1-13(12(17)18,10-4-6-15-7-5-10)16-8-2-3-11(14)9-16/h4-7,11H,2-3,8-9,14H2,1H3,(H,17,18). The summed E-state index contributed by atoms with van der Waals surface area (Å²) in [5.41, 5.74) is 5.68. The molecule has 0 radical (unpaired) electrons. The van der Waals surface area contributed by atoms with Gasteiger partial charge in [0.1, 0.15) is 5.54 Å². The van der Waals surface area contributed by atoms with Crippen LogP contribution in [0.3, 0.4) is 0 Å². The first-order chi connectivity index (χ1) is 8.55. The van der Waals surface area contributed by atoms with E-state index in [-0.39, 0.29) is 6.04 Å². The lowest BCUT2D eigenvalue weighted by Crippen LogP contribution is -2.56. The molecule has 0 aliphatic carbocycles. The number of likely N-dealkylation sites (tertiary alicyclic amines) is 1. The predicted molar refractivity (Wildman–Crippen MR) is 68.0 cm³/mol. The van der Waals surface area contributed by atoms with Gasteiger partial charge in [-0.25, -0.2) is 4.79 Å². The molecule has 2 unspecified atom stereocenters. The van der Waals surface area contributed by atoms with E-state index >= 15 is 0 Å². The van der Waals surface area contributed by atoms with E-state index in [1.165, 1.54) is 0 Å². The number of pyridine rings is 1. The van der Waals surface area contributed by atoms with Crippen LogP contribution in [0, 0.1) is 0 Å². The van der Waals surface area contributed by atoms with E-state index in [4.69, 9.17) is 5.73 Å². The lowest BCUT2D eigenvalue weighted by molar-refractivity contribution is -0.152. The van der Waals surface area contributed by atoms with Crippen LogP contribution in [-0.4, -0.2) is 40.1 Å². The molecular formula is C13H19N3O2. The van der Waals surface area contributed by atoms with Crippen molar-refractivity contribution in [3.63, 3.8) is 0 Å². The van der Waals surface area contributed by atoms with Crippen LogP contribution < -0.4 is 5.73 Å². The monoisotopic (exact) mass is 249 g/mol. The van der Waals surface area contributed by atoms with Gasteiger partial charge in [0.15, 0.2) is 0 Å². The van der Waals surface area contributed by atoms with Crippen molar-refractivity contribution in [1.82, 2.24) is 9.88 Å². The van der Waals surface area contributed by atoms with Crippen molar-refractivity contribution in [2.75, 3.05) is 13.1 Å². The maximum atomic E-state index is 11.7. The van der Waals surface area contributed by atoms with E-state index in [0.29, 0.717) is 6.54 Å². The molecule has 1 aromatic rings. The van der Waals surface area contributed by atoms with Gasteiger partial charge in [-0.05, 0) is 44.0 Å². The van der Waals surface area contributed by atoms with Crippen LogP contribution in [0.2, 0.25) is 0 Å². The summed E-state index contributed by atoms with van der Waals surface area (Å²) in [6.07, 6.45) is 5.15. The highest BCUT2D eigenvalue weighted by Crippen LogP contribution is 2.30. The van der Waals surface area contributed by atoms with Gasteiger partial charge in [-0.1, -0.05) is 0 Å². The van der Waals surface area contributed by atoms with Crippen molar-refractivity contribution >= 4 is 5.97 Å². The number of aliphatic carboxylic acids is 1. The Hall–Kier alpha value is -1.46. The van der Waals surface area contributed by atoms with Gasteiger partial charge in [0.25, 0.3) is 0 Å². The Morgan fingerprint density at radius 3 is 2.78 bits per heavy atom. The van der Waals surface area contributed by atoms with E-state index in [1.54, 1.807) is 31.5 Å². The van der Waals surface area contributed by atoms with Crippen molar-refractivity contribution in [3.05, 3.63) is 30.1 Å². The Labute approximate surface area is 107 Å². The number of carboxylic acid groups (broad SMARTS) is 1. The average molecular weight is 249 g/mol. The van der Waals surface area contributed by atoms with Crippen molar-refractivity contribution in [3.8, 4) is 0 Å². The Kier molecular flexibility index (Phi) is 3.63. The third-order valence-electron chi connectivity index (χ3n) is 3.75. The van der Waals surface area contributed by atoms with Gasteiger partial charge >= 0.3 is 5.97 Å². The summed E-state index contributed by atoms with van der Waals surface area (Å²) in [6, 6.07) is 3.57. The van der Waals surface area contributed by atoms with Crippen molar-refractivity contribution in [2.24, 2.45) is 5.73 Å². The van der Waals surface area contributed by atoms with E-state index in [2.05, 4.69) is 4.98 Å². The Morgan fingerprint density at radius 2 is 2.22 bits per heavy atom. The van der Waals surface area contributed by atoms with Gasteiger partial charge in [0, 0.05) is 25.0 Å². The highest BCUT2D eigenvalue weighted by Gasteiger charge is 2.42. The minimum atomic E-state index is -1.03. The Bertz CT molecular complexity index is 424. The highest BCUT2D eigenvalue weighted by molar-refractivity contribution is 5.80. The number of nitrogens with two attached hydrogens (primary N) is 1. The molecule has 2 heterocycles. The summed E-state index contributed by atoms with van der Waals surface area (Å²) in [5, 5.41) is 9.62. The molecular weight excluding hydrogens is 230 g/mol. The number of rotatable bonds is 3. The molecule has 1 fully saturated rings. The Morgan fingerprint density at radius 1 is 1.56 bits per heavy atom. The normalized spacial score (nSPS) is 24.4. The third-order valence-corrected chi connectivity index (χ3v) is 3.75. The molecule has 5 heteroatoms. The van der Waals surface area contributed by atoms with Crippen LogP contribution in [0.25, 0.3) is 0 Å². The summed E-state index contributed by atoms with van der Waals surface area (Å²) in [5.74, 6) is -0.845. The van der Waals surface area contributed by atoms with Crippen molar-refractivity contribution < 1.29 is 9.90 Å². The summed E-state index contributed by atoms with van der Waals surface area (Å²) >= 11 is 0. The molecule has 1 aliphatic heterocycles. The first kappa shape index (κ1) is 13.0. The fraction of sp³-hybridized carbons (Fsp3) is 0.538. The zero-order valence-corrected chi connectivity index (χ0v) is 10.5. The summed E-state index contributed by atoms with van der Waals surface area (Å²) in [4.78, 5) is 17.6. The second kappa shape index (κ2) is 5.04. The number of aromatic nitrogens is 1. The number of carboxylic acids is 1. The summed E-state index contributed by atoms with van der Waals surface area (Å²) in [6.45, 7) is 3.12. The molecule has 3 N–H and O–H groups in total. The van der Waals surface area contributed by atoms with Gasteiger partial charge in [-0.3, -0.25) is 9.88 Å². The minimum absolute atomic E-state index is 0.0549. The number of piperidine rings is 1. The maximum absolute atomic E-state index is 11.7. The molecule has 0 spiro atoms. The molecule has 0 saturated carbocycles. The molecule has 5 nitrogen and oxygen atoms in total. The molecule has 1 saturated heterocycles. The van der Waals surface area contributed by atoms with Crippen LogP contribution in [-0.2, 0) is 10.3 Å². The molecule has 1 aliphatic rings. The number of hydrogen-bond donors (Lipinski definition) is 2. The second-order valence-electron chi connectivity index (χ2n) is 4.96. The van der Waals surface area contributed by atoms with Crippen LogP contribution in [0.15, 0.2) is 24.5 Å². The van der Waals surface area contributed by atoms with Gasteiger partial charge in [-0.15, -0.1) is 0 Å². The number of carbonyl (C=O) groups is 1. The van der Waals surface area contributed by atoms with E-state index in [9.17, 15) is 9.90 Å². The first-order valence-electron chi connectivity index (χ1n) is 6.19. The van der Waals surface area contributed by atoms with Crippen LogP contribution in [0.1, 0.15) is 25.3 Å². The van der Waals surface area contributed by atoms with Gasteiger partial charge in [0.2, 0.25) is 0 Å². The Balaban J connectivity index is 2.35. The van der Waals surface area contributed by atoms with Crippen LogP contribution in [0.5, 0.6) is 0 Å². The fourth-order valence-electron chi connectivity index (χ4n) is 2.53. The van der Waals surface area contributed by atoms with E-state index in [0.717, 1.165) is 24.9 Å². The molecule has 0 amide bonds. The lowest BCUT2D eigenvalue weighted by Gasteiger charge is -2.42. The largest absolute Gasteiger partial charge is 0.480 e. The third kappa shape index (κ3) is 2.23. The quantitative estimate of drug-likeness (QED) is 0.828. The zero-order chi connectivity index (χ0) is 13.2. The van der Waals surface area contributed by atoms with Crippen molar-refractivity contribution in [1.29, 1.82) is 0 Å². The predicted octanol–water partition coefficient (Wildman–Crippen LogP) is 0.805. The molecule has 2 atom stereocenters. The second-order valence-corrected chi connectivity index (χ2v) is 4.96. The topological polar surface area (TPSA) is 79.5 Å². The summed E-state index contributed by atoms with van der Waals surface area (Å²) < 4.78 is 0.